The zero-order valence-electron chi connectivity index (χ0n) is 8.76. The van der Waals surface area contributed by atoms with Gasteiger partial charge in [-0.15, -0.1) is 0 Å². The number of hydrogen-bond acceptors (Lipinski definition) is 2. The molecule has 1 rings (SSSR count). The standard InChI is InChI=1S/C10H8ClF4NO2/c11-6-2-1-5(7(12)3-6)4-9(16,8(17)18)10(13,14)15/h1-3H,4,16H2,(H,17,18). The van der Waals surface area contributed by atoms with Crippen molar-refractivity contribution >= 4 is 17.6 Å². The van der Waals surface area contributed by atoms with Crippen molar-refractivity contribution in [1.82, 2.24) is 0 Å². The molecule has 0 aliphatic carbocycles. The number of alkyl halides is 3. The van der Waals surface area contributed by atoms with Gasteiger partial charge in [-0.25, -0.2) is 9.18 Å². The SMILES string of the molecule is NC(Cc1ccc(Cl)cc1F)(C(=O)O)C(F)(F)F. The second-order valence-corrected chi connectivity index (χ2v) is 4.12. The topological polar surface area (TPSA) is 63.3 Å². The Kier molecular flexibility index (Phi) is 3.87. The number of nitrogens with two attached hydrogens (primary N) is 1. The normalized spacial score (nSPS) is 15.2. The first-order chi connectivity index (χ1) is 8.08. The fraction of sp³-hybridized carbons (Fsp3) is 0.300. The van der Waals surface area contributed by atoms with Gasteiger partial charge < -0.3 is 10.8 Å². The van der Waals surface area contributed by atoms with Crippen molar-refractivity contribution in [3.8, 4) is 0 Å². The van der Waals surface area contributed by atoms with Crippen molar-refractivity contribution in [2.45, 2.75) is 18.1 Å². The summed E-state index contributed by atoms with van der Waals surface area (Å²) in [6.07, 6.45) is -6.42. The minimum absolute atomic E-state index is 0.0128. The number of aliphatic carboxylic acids is 1. The highest BCUT2D eigenvalue weighted by Gasteiger charge is 2.58. The van der Waals surface area contributed by atoms with E-state index in [0.717, 1.165) is 18.2 Å². The smallest absolute Gasteiger partial charge is 0.417 e. The maximum atomic E-state index is 13.3. The van der Waals surface area contributed by atoms with Gasteiger partial charge >= 0.3 is 12.1 Å². The average molecular weight is 286 g/mol. The van der Waals surface area contributed by atoms with E-state index in [2.05, 4.69) is 0 Å². The fourth-order valence-corrected chi connectivity index (χ4v) is 1.42. The molecule has 3 nitrogen and oxygen atoms in total. The Balaban J connectivity index is 3.17. The lowest BCUT2D eigenvalue weighted by molar-refractivity contribution is -0.201. The molecule has 1 aromatic carbocycles. The molecule has 0 aliphatic rings. The molecule has 0 saturated carbocycles. The van der Waals surface area contributed by atoms with E-state index in [1.807, 2.05) is 0 Å². The Hall–Kier alpha value is -1.34. The molecule has 1 aromatic rings. The number of hydrogen-bond donors (Lipinski definition) is 2. The van der Waals surface area contributed by atoms with Crippen molar-refractivity contribution in [1.29, 1.82) is 0 Å². The van der Waals surface area contributed by atoms with Crippen LogP contribution >= 0.6 is 11.6 Å². The maximum Gasteiger partial charge on any atom is 0.417 e. The Morgan fingerprint density at radius 2 is 1.94 bits per heavy atom. The van der Waals surface area contributed by atoms with Gasteiger partial charge in [0.15, 0.2) is 0 Å². The molecule has 0 radical (unpaired) electrons. The molecule has 0 saturated heterocycles. The second kappa shape index (κ2) is 4.74. The quantitative estimate of drug-likeness (QED) is 0.838. The Labute approximate surface area is 104 Å². The van der Waals surface area contributed by atoms with Crippen LogP contribution in [-0.4, -0.2) is 22.8 Å². The van der Waals surface area contributed by atoms with Crippen LogP contribution in [0.4, 0.5) is 17.6 Å². The van der Waals surface area contributed by atoms with E-state index in [0.29, 0.717) is 0 Å². The molecule has 18 heavy (non-hydrogen) atoms. The van der Waals surface area contributed by atoms with E-state index in [1.165, 1.54) is 0 Å². The van der Waals surface area contributed by atoms with E-state index < -0.39 is 35.5 Å². The Morgan fingerprint density at radius 1 is 1.39 bits per heavy atom. The number of rotatable bonds is 3. The number of carboxylic acid groups (broad SMARTS) is 1. The Bertz CT molecular complexity index is 477. The summed E-state index contributed by atoms with van der Waals surface area (Å²) in [7, 11) is 0. The van der Waals surface area contributed by atoms with E-state index >= 15 is 0 Å². The number of carboxylic acids is 1. The van der Waals surface area contributed by atoms with Gasteiger partial charge in [-0.1, -0.05) is 17.7 Å². The van der Waals surface area contributed by atoms with Crippen molar-refractivity contribution in [3.05, 3.63) is 34.6 Å². The van der Waals surface area contributed by atoms with E-state index in [1.54, 1.807) is 0 Å². The highest BCUT2D eigenvalue weighted by Crippen LogP contribution is 2.32. The summed E-state index contributed by atoms with van der Waals surface area (Å²) in [5.41, 5.74) is 0.822. The van der Waals surface area contributed by atoms with Crippen LogP contribution in [0.2, 0.25) is 5.02 Å². The average Bonchev–Trinajstić information content (AvgIpc) is 2.20. The predicted molar refractivity (Wildman–Crippen MR) is 55.7 cm³/mol. The number of benzene rings is 1. The molecular weight excluding hydrogens is 278 g/mol. The lowest BCUT2D eigenvalue weighted by Crippen LogP contribution is -2.61. The van der Waals surface area contributed by atoms with Gasteiger partial charge in [0.2, 0.25) is 5.54 Å². The molecule has 3 N–H and O–H groups in total. The van der Waals surface area contributed by atoms with Gasteiger partial charge in [-0.2, -0.15) is 13.2 Å². The summed E-state index contributed by atoms with van der Waals surface area (Å²) in [5, 5.41) is 8.57. The summed E-state index contributed by atoms with van der Waals surface area (Å²) in [5.74, 6) is -3.31. The van der Waals surface area contributed by atoms with E-state index in [9.17, 15) is 22.4 Å². The third-order valence-electron chi connectivity index (χ3n) is 2.37. The van der Waals surface area contributed by atoms with Crippen LogP contribution in [0.15, 0.2) is 18.2 Å². The molecule has 0 spiro atoms. The molecule has 1 unspecified atom stereocenters. The van der Waals surface area contributed by atoms with Crippen molar-refractivity contribution in [2.24, 2.45) is 5.73 Å². The van der Waals surface area contributed by atoms with Gasteiger partial charge in [0.25, 0.3) is 0 Å². The van der Waals surface area contributed by atoms with Crippen LogP contribution in [-0.2, 0) is 11.2 Å². The number of carbonyl (C=O) groups is 1. The predicted octanol–water partition coefficient (Wildman–Crippen LogP) is 2.37. The zero-order valence-corrected chi connectivity index (χ0v) is 9.52. The van der Waals surface area contributed by atoms with Gasteiger partial charge in [0.1, 0.15) is 5.82 Å². The van der Waals surface area contributed by atoms with Crippen molar-refractivity contribution in [2.75, 3.05) is 0 Å². The van der Waals surface area contributed by atoms with E-state index in [4.69, 9.17) is 22.4 Å². The largest absolute Gasteiger partial charge is 0.480 e. The first-order valence-corrected chi connectivity index (χ1v) is 4.98. The van der Waals surface area contributed by atoms with Crippen LogP contribution in [0.25, 0.3) is 0 Å². The molecule has 0 aliphatic heterocycles. The molecule has 100 valence electrons. The molecule has 0 amide bonds. The highest BCUT2D eigenvalue weighted by atomic mass is 35.5. The Morgan fingerprint density at radius 3 is 2.33 bits per heavy atom. The summed E-state index contributed by atoms with van der Waals surface area (Å²) in [6.45, 7) is 0. The van der Waals surface area contributed by atoms with Crippen LogP contribution < -0.4 is 5.73 Å². The lowest BCUT2D eigenvalue weighted by Gasteiger charge is -2.27. The van der Waals surface area contributed by atoms with Gasteiger partial charge in [0.05, 0.1) is 0 Å². The number of halogens is 5. The summed E-state index contributed by atoms with van der Waals surface area (Å²) >= 11 is 5.43. The first-order valence-electron chi connectivity index (χ1n) is 4.61. The molecule has 0 aromatic heterocycles. The molecule has 0 heterocycles. The van der Waals surface area contributed by atoms with Gasteiger partial charge in [0, 0.05) is 11.4 Å². The van der Waals surface area contributed by atoms with Crippen LogP contribution in [0, 0.1) is 5.82 Å². The van der Waals surface area contributed by atoms with Crippen molar-refractivity contribution < 1.29 is 27.5 Å². The van der Waals surface area contributed by atoms with Gasteiger partial charge in [-0.05, 0) is 17.7 Å². The second-order valence-electron chi connectivity index (χ2n) is 3.69. The molecule has 1 atom stereocenters. The van der Waals surface area contributed by atoms with E-state index in [-0.39, 0.29) is 5.02 Å². The van der Waals surface area contributed by atoms with Crippen molar-refractivity contribution in [3.63, 3.8) is 0 Å². The lowest BCUT2D eigenvalue weighted by atomic mass is 9.91. The zero-order chi connectivity index (χ0) is 14.1. The molecular formula is C10H8ClF4NO2. The van der Waals surface area contributed by atoms with Crippen LogP contribution in [0.3, 0.4) is 0 Å². The van der Waals surface area contributed by atoms with Crippen LogP contribution in [0.1, 0.15) is 5.56 Å². The minimum atomic E-state index is -5.20. The summed E-state index contributed by atoms with van der Waals surface area (Å²) < 4.78 is 51.1. The summed E-state index contributed by atoms with van der Waals surface area (Å²) in [6, 6.07) is 2.90. The monoisotopic (exact) mass is 285 g/mol. The fourth-order valence-electron chi connectivity index (χ4n) is 1.26. The third-order valence-corrected chi connectivity index (χ3v) is 2.61. The molecule has 8 heteroatoms. The molecule has 0 bridgehead atoms. The maximum absolute atomic E-state index is 13.3. The first kappa shape index (κ1) is 14.7. The third kappa shape index (κ3) is 2.73. The van der Waals surface area contributed by atoms with Crippen LogP contribution in [0.5, 0.6) is 0 Å². The van der Waals surface area contributed by atoms with Gasteiger partial charge in [-0.3, -0.25) is 0 Å². The highest BCUT2D eigenvalue weighted by molar-refractivity contribution is 6.30. The minimum Gasteiger partial charge on any atom is -0.480 e. The summed E-state index contributed by atoms with van der Waals surface area (Å²) in [4.78, 5) is 10.7. The molecule has 0 fully saturated rings.